The maximum atomic E-state index is 12.2. The van der Waals surface area contributed by atoms with Crippen molar-refractivity contribution in [1.82, 2.24) is 5.32 Å². The maximum absolute atomic E-state index is 12.2. The van der Waals surface area contributed by atoms with Crippen LogP contribution in [0.5, 0.6) is 0 Å². The second kappa shape index (κ2) is 5.96. The molecule has 110 valence electrons. The van der Waals surface area contributed by atoms with E-state index < -0.39 is 5.60 Å². The fraction of sp³-hybridized carbons (Fsp3) is 0.588. The Morgan fingerprint density at radius 1 is 1.45 bits per heavy atom. The summed E-state index contributed by atoms with van der Waals surface area (Å²) >= 11 is 0. The van der Waals surface area contributed by atoms with Crippen LogP contribution in [0.1, 0.15) is 54.1 Å². The first kappa shape index (κ1) is 15.0. The van der Waals surface area contributed by atoms with E-state index >= 15 is 0 Å². The molecule has 3 nitrogen and oxygen atoms in total. The zero-order valence-corrected chi connectivity index (χ0v) is 12.7. The fourth-order valence-corrected chi connectivity index (χ4v) is 3.20. The minimum absolute atomic E-state index is 0.0887. The van der Waals surface area contributed by atoms with Gasteiger partial charge in [0, 0.05) is 12.1 Å². The van der Waals surface area contributed by atoms with Gasteiger partial charge in [0.15, 0.2) is 0 Å². The molecule has 0 radical (unpaired) electrons. The minimum atomic E-state index is -0.730. The monoisotopic (exact) mass is 275 g/mol. The molecule has 0 aromatic heterocycles. The summed E-state index contributed by atoms with van der Waals surface area (Å²) in [6, 6.07) is 5.80. The third-order valence-electron chi connectivity index (χ3n) is 4.27. The quantitative estimate of drug-likeness (QED) is 0.891. The first-order valence-corrected chi connectivity index (χ1v) is 7.47. The van der Waals surface area contributed by atoms with Crippen LogP contribution in [0.4, 0.5) is 0 Å². The molecule has 1 fully saturated rings. The lowest BCUT2D eigenvalue weighted by Crippen LogP contribution is -2.45. The topological polar surface area (TPSA) is 49.3 Å². The van der Waals surface area contributed by atoms with E-state index in [1.165, 1.54) is 6.42 Å². The number of aryl methyl sites for hydroxylation is 2. The average molecular weight is 275 g/mol. The molecular weight excluding hydrogens is 250 g/mol. The Hall–Kier alpha value is -1.35. The third-order valence-corrected chi connectivity index (χ3v) is 4.27. The van der Waals surface area contributed by atoms with Gasteiger partial charge < -0.3 is 10.4 Å². The molecule has 1 saturated carbocycles. The van der Waals surface area contributed by atoms with Crippen LogP contribution in [0.25, 0.3) is 0 Å². The molecule has 0 spiro atoms. The van der Waals surface area contributed by atoms with E-state index in [9.17, 15) is 9.90 Å². The van der Waals surface area contributed by atoms with Gasteiger partial charge in [-0.25, -0.2) is 0 Å². The van der Waals surface area contributed by atoms with Crippen molar-refractivity contribution in [2.45, 2.75) is 52.1 Å². The number of hydrogen-bond acceptors (Lipinski definition) is 2. The summed E-state index contributed by atoms with van der Waals surface area (Å²) in [6.45, 7) is 6.47. The smallest absolute Gasteiger partial charge is 0.251 e. The van der Waals surface area contributed by atoms with Gasteiger partial charge in [0.1, 0.15) is 0 Å². The molecule has 0 saturated heterocycles. The molecule has 2 N–H and O–H groups in total. The van der Waals surface area contributed by atoms with Gasteiger partial charge in [-0.1, -0.05) is 37.5 Å². The highest BCUT2D eigenvalue weighted by molar-refractivity contribution is 5.95. The number of hydrogen-bond donors (Lipinski definition) is 2. The van der Waals surface area contributed by atoms with Crippen LogP contribution in [0.3, 0.4) is 0 Å². The van der Waals surface area contributed by atoms with Crippen molar-refractivity contribution < 1.29 is 9.90 Å². The van der Waals surface area contributed by atoms with Crippen LogP contribution >= 0.6 is 0 Å². The number of rotatable bonds is 3. The summed E-state index contributed by atoms with van der Waals surface area (Å²) < 4.78 is 0. The van der Waals surface area contributed by atoms with Crippen molar-refractivity contribution in [1.29, 1.82) is 0 Å². The van der Waals surface area contributed by atoms with E-state index in [-0.39, 0.29) is 5.91 Å². The van der Waals surface area contributed by atoms with E-state index in [0.29, 0.717) is 18.0 Å². The summed E-state index contributed by atoms with van der Waals surface area (Å²) in [6.07, 6.45) is 3.77. The molecule has 0 bridgehead atoms. The van der Waals surface area contributed by atoms with Crippen LogP contribution in [-0.2, 0) is 0 Å². The lowest BCUT2D eigenvalue weighted by atomic mass is 9.79. The zero-order chi connectivity index (χ0) is 14.8. The molecule has 0 heterocycles. The van der Waals surface area contributed by atoms with Crippen LogP contribution in [0, 0.1) is 19.8 Å². The van der Waals surface area contributed by atoms with Gasteiger partial charge in [-0.2, -0.15) is 0 Å². The minimum Gasteiger partial charge on any atom is -0.388 e. The Morgan fingerprint density at radius 2 is 2.20 bits per heavy atom. The molecule has 1 aliphatic carbocycles. The van der Waals surface area contributed by atoms with E-state index in [1.807, 2.05) is 32.0 Å². The van der Waals surface area contributed by atoms with Crippen LogP contribution < -0.4 is 5.32 Å². The van der Waals surface area contributed by atoms with Gasteiger partial charge in [-0.15, -0.1) is 0 Å². The largest absolute Gasteiger partial charge is 0.388 e. The predicted octanol–water partition coefficient (Wildman–Crippen LogP) is 2.97. The molecule has 2 unspecified atom stereocenters. The molecule has 20 heavy (non-hydrogen) atoms. The van der Waals surface area contributed by atoms with Gasteiger partial charge in [-0.3, -0.25) is 4.79 Å². The van der Waals surface area contributed by atoms with Crippen molar-refractivity contribution in [3.63, 3.8) is 0 Å². The SMILES string of the molecule is Cc1ccc(C(=O)NCC2(O)CCCC(C)C2)c(C)c1. The number of carbonyl (C=O) groups is 1. The van der Waals surface area contributed by atoms with E-state index in [4.69, 9.17) is 0 Å². The molecular formula is C17H25NO2. The Labute approximate surface area is 121 Å². The fourth-order valence-electron chi connectivity index (χ4n) is 3.20. The van der Waals surface area contributed by atoms with Gasteiger partial charge in [0.05, 0.1) is 5.60 Å². The summed E-state index contributed by atoms with van der Waals surface area (Å²) in [5, 5.41) is 13.4. The zero-order valence-electron chi connectivity index (χ0n) is 12.7. The van der Waals surface area contributed by atoms with E-state index in [2.05, 4.69) is 12.2 Å². The molecule has 3 heteroatoms. The summed E-state index contributed by atoms with van der Waals surface area (Å²) in [5.74, 6) is 0.445. The van der Waals surface area contributed by atoms with Gasteiger partial charge >= 0.3 is 0 Å². The molecule has 2 atom stereocenters. The summed E-state index contributed by atoms with van der Waals surface area (Å²) in [5.41, 5.74) is 2.10. The molecule has 1 aliphatic rings. The average Bonchev–Trinajstić information content (AvgIpc) is 2.36. The molecule has 1 aromatic carbocycles. The molecule has 2 rings (SSSR count). The van der Waals surface area contributed by atoms with Crippen molar-refractivity contribution >= 4 is 5.91 Å². The summed E-state index contributed by atoms with van der Waals surface area (Å²) in [7, 11) is 0. The van der Waals surface area contributed by atoms with Crippen LogP contribution in [-0.4, -0.2) is 23.2 Å². The molecule has 1 amide bonds. The number of carbonyl (C=O) groups excluding carboxylic acids is 1. The van der Waals surface area contributed by atoms with Crippen molar-refractivity contribution in [2.75, 3.05) is 6.54 Å². The number of aliphatic hydroxyl groups is 1. The second-order valence-electron chi connectivity index (χ2n) is 6.43. The lowest BCUT2D eigenvalue weighted by molar-refractivity contribution is -0.0109. The van der Waals surface area contributed by atoms with Crippen molar-refractivity contribution in [3.05, 3.63) is 34.9 Å². The predicted molar refractivity (Wildman–Crippen MR) is 80.8 cm³/mol. The van der Waals surface area contributed by atoms with Crippen molar-refractivity contribution in [3.8, 4) is 0 Å². The maximum Gasteiger partial charge on any atom is 0.251 e. The second-order valence-corrected chi connectivity index (χ2v) is 6.43. The summed E-state index contributed by atoms with van der Waals surface area (Å²) in [4.78, 5) is 12.2. The Bertz CT molecular complexity index is 498. The molecule has 1 aromatic rings. The Balaban J connectivity index is 1.98. The normalized spacial score (nSPS) is 26.3. The Kier molecular flexibility index (Phi) is 4.48. The standard InChI is InChI=1S/C17H25NO2/c1-12-6-7-15(14(3)9-12)16(19)18-11-17(20)8-4-5-13(2)10-17/h6-7,9,13,20H,4-5,8,10-11H2,1-3H3,(H,18,19). The van der Waals surface area contributed by atoms with Gasteiger partial charge in [-0.05, 0) is 44.2 Å². The third kappa shape index (κ3) is 3.60. The van der Waals surface area contributed by atoms with Crippen LogP contribution in [0.2, 0.25) is 0 Å². The first-order chi connectivity index (χ1) is 9.39. The number of benzene rings is 1. The first-order valence-electron chi connectivity index (χ1n) is 7.47. The number of nitrogens with one attached hydrogen (secondary N) is 1. The Morgan fingerprint density at radius 3 is 2.85 bits per heavy atom. The highest BCUT2D eigenvalue weighted by atomic mass is 16.3. The highest BCUT2D eigenvalue weighted by Crippen LogP contribution is 2.31. The van der Waals surface area contributed by atoms with Gasteiger partial charge in [0.2, 0.25) is 0 Å². The van der Waals surface area contributed by atoms with Crippen molar-refractivity contribution in [2.24, 2.45) is 5.92 Å². The van der Waals surface area contributed by atoms with E-state index in [0.717, 1.165) is 30.4 Å². The van der Waals surface area contributed by atoms with Gasteiger partial charge in [0.25, 0.3) is 5.91 Å². The highest BCUT2D eigenvalue weighted by Gasteiger charge is 2.32. The van der Waals surface area contributed by atoms with E-state index in [1.54, 1.807) is 0 Å². The van der Waals surface area contributed by atoms with Crippen LogP contribution in [0.15, 0.2) is 18.2 Å². The number of amides is 1. The lowest BCUT2D eigenvalue weighted by Gasteiger charge is -2.35. The molecule has 0 aliphatic heterocycles.